The Bertz CT molecular complexity index is 309. The van der Waals surface area contributed by atoms with Crippen molar-refractivity contribution in [3.8, 4) is 0 Å². The normalized spacial score (nSPS) is 25.6. The lowest BCUT2D eigenvalue weighted by atomic mass is 10.0. The van der Waals surface area contributed by atoms with Gasteiger partial charge >= 0.3 is 12.3 Å². The maximum atomic E-state index is 13.0. The quantitative estimate of drug-likeness (QED) is 0.776. The first kappa shape index (κ1) is 15.2. The molecule has 1 amide bonds. The summed E-state index contributed by atoms with van der Waals surface area (Å²) in [6.07, 6.45) is -3.91. The number of nitrogens with one attached hydrogen (secondary N) is 1. The highest BCUT2D eigenvalue weighted by molar-refractivity contribution is 5.84. The summed E-state index contributed by atoms with van der Waals surface area (Å²) in [5.74, 6) is -4.48. The molecule has 3 nitrogen and oxygen atoms in total. The fourth-order valence-corrected chi connectivity index (χ4v) is 1.99. The van der Waals surface area contributed by atoms with Gasteiger partial charge < -0.3 is 4.90 Å². The predicted octanol–water partition coefficient (Wildman–Crippen LogP) is 2.08. The maximum Gasteiger partial charge on any atom is 0.324 e. The summed E-state index contributed by atoms with van der Waals surface area (Å²) in [6.45, 7) is 4.07. The Balaban J connectivity index is 2.70. The first-order chi connectivity index (χ1) is 8.15. The van der Waals surface area contributed by atoms with Gasteiger partial charge in [0.15, 0.2) is 0 Å². The van der Waals surface area contributed by atoms with Gasteiger partial charge in [-0.3, -0.25) is 10.1 Å². The van der Waals surface area contributed by atoms with Crippen molar-refractivity contribution >= 4 is 5.91 Å². The molecule has 106 valence electrons. The van der Waals surface area contributed by atoms with Crippen molar-refractivity contribution in [3.05, 3.63) is 0 Å². The molecule has 2 atom stereocenters. The lowest BCUT2D eigenvalue weighted by Crippen LogP contribution is -2.46. The molecule has 1 saturated heterocycles. The molecule has 1 aliphatic heterocycles. The first-order valence-corrected chi connectivity index (χ1v) is 5.87. The van der Waals surface area contributed by atoms with Crippen LogP contribution in [-0.4, -0.2) is 41.9 Å². The number of carbonyl (C=O) groups excluding carboxylic acids is 1. The number of hydrogen-bond acceptors (Lipinski definition) is 2. The zero-order valence-electron chi connectivity index (χ0n) is 10.6. The number of alkyl halides is 4. The molecular formula is C11H18F4N2O. The third-order valence-corrected chi connectivity index (χ3v) is 2.90. The van der Waals surface area contributed by atoms with Crippen molar-refractivity contribution in [2.75, 3.05) is 6.54 Å². The Morgan fingerprint density at radius 1 is 1.39 bits per heavy atom. The Morgan fingerprint density at radius 2 is 1.94 bits per heavy atom. The van der Waals surface area contributed by atoms with E-state index in [2.05, 4.69) is 5.32 Å². The topological polar surface area (TPSA) is 32.3 Å². The Kier molecular flexibility index (Phi) is 4.58. The average Bonchev–Trinajstić information content (AvgIpc) is 2.44. The Hall–Kier alpha value is -0.850. The molecule has 2 unspecified atom stereocenters. The third-order valence-electron chi connectivity index (χ3n) is 2.90. The van der Waals surface area contributed by atoms with E-state index in [1.165, 1.54) is 6.92 Å². The van der Waals surface area contributed by atoms with Gasteiger partial charge in [0, 0.05) is 0 Å². The third kappa shape index (κ3) is 3.34. The van der Waals surface area contributed by atoms with Crippen molar-refractivity contribution in [2.45, 2.75) is 51.7 Å². The van der Waals surface area contributed by atoms with Gasteiger partial charge in [0.25, 0.3) is 0 Å². The minimum atomic E-state index is -4.17. The number of nitrogens with zero attached hydrogens (tertiary/aromatic N) is 1. The van der Waals surface area contributed by atoms with Crippen LogP contribution in [0.2, 0.25) is 0 Å². The van der Waals surface area contributed by atoms with Gasteiger partial charge in [0.1, 0.15) is 0 Å². The Labute approximate surface area is 104 Å². The highest BCUT2D eigenvalue weighted by Crippen LogP contribution is 2.27. The van der Waals surface area contributed by atoms with Crippen LogP contribution in [0.4, 0.5) is 17.6 Å². The second-order valence-corrected chi connectivity index (χ2v) is 5.05. The minimum Gasteiger partial charge on any atom is -0.320 e. The number of hydrogen-bond donors (Lipinski definition) is 1. The lowest BCUT2D eigenvalue weighted by Gasteiger charge is -2.26. The molecule has 0 radical (unpaired) electrons. The molecule has 18 heavy (non-hydrogen) atoms. The molecule has 1 rings (SSSR count). The van der Waals surface area contributed by atoms with E-state index in [0.717, 1.165) is 4.90 Å². The Morgan fingerprint density at radius 3 is 2.39 bits per heavy atom. The van der Waals surface area contributed by atoms with Gasteiger partial charge in [-0.2, -0.15) is 8.78 Å². The molecular weight excluding hydrogens is 252 g/mol. The smallest absolute Gasteiger partial charge is 0.320 e. The van der Waals surface area contributed by atoms with Gasteiger partial charge in [-0.25, -0.2) is 8.78 Å². The molecule has 0 aromatic heterocycles. The van der Waals surface area contributed by atoms with Crippen LogP contribution in [0.5, 0.6) is 0 Å². The summed E-state index contributed by atoms with van der Waals surface area (Å²) in [5, 5.41) is 2.84. The molecule has 1 N–H and O–H groups in total. The highest BCUT2D eigenvalue weighted by atomic mass is 19.3. The second-order valence-electron chi connectivity index (χ2n) is 5.05. The van der Waals surface area contributed by atoms with E-state index in [1.807, 2.05) is 13.8 Å². The number of rotatable bonds is 5. The van der Waals surface area contributed by atoms with Crippen LogP contribution in [0.3, 0.4) is 0 Å². The first-order valence-electron chi connectivity index (χ1n) is 5.87. The standard InChI is InChI=1S/C11H18F4N2O/c1-6(2)4-8-9(18)17(7(3)16-8)5-11(14,15)10(12)13/h6-8,10,16H,4-5H2,1-3H3. The molecule has 0 aromatic rings. The van der Waals surface area contributed by atoms with Gasteiger partial charge in [0.2, 0.25) is 5.91 Å². The summed E-state index contributed by atoms with van der Waals surface area (Å²) in [6, 6.07) is -0.562. The molecule has 1 fully saturated rings. The summed E-state index contributed by atoms with van der Waals surface area (Å²) in [7, 11) is 0. The fourth-order valence-electron chi connectivity index (χ4n) is 1.99. The monoisotopic (exact) mass is 270 g/mol. The van der Waals surface area contributed by atoms with Gasteiger partial charge in [-0.05, 0) is 19.3 Å². The van der Waals surface area contributed by atoms with Crippen molar-refractivity contribution in [1.29, 1.82) is 0 Å². The van der Waals surface area contributed by atoms with Crippen LogP contribution >= 0.6 is 0 Å². The molecule has 1 heterocycles. The van der Waals surface area contributed by atoms with Crippen LogP contribution in [0.1, 0.15) is 27.2 Å². The van der Waals surface area contributed by atoms with Crippen LogP contribution in [0.15, 0.2) is 0 Å². The zero-order valence-corrected chi connectivity index (χ0v) is 10.6. The van der Waals surface area contributed by atoms with Gasteiger partial charge in [-0.15, -0.1) is 0 Å². The van der Waals surface area contributed by atoms with E-state index in [0.29, 0.717) is 6.42 Å². The predicted molar refractivity (Wildman–Crippen MR) is 58.5 cm³/mol. The van der Waals surface area contributed by atoms with Crippen molar-refractivity contribution < 1.29 is 22.4 Å². The lowest BCUT2D eigenvalue weighted by molar-refractivity contribution is -0.156. The minimum absolute atomic E-state index is 0.217. The van der Waals surface area contributed by atoms with Crippen molar-refractivity contribution in [3.63, 3.8) is 0 Å². The number of amides is 1. The number of carbonyl (C=O) groups is 1. The van der Waals surface area contributed by atoms with Gasteiger partial charge in [0.05, 0.1) is 18.8 Å². The highest BCUT2D eigenvalue weighted by Gasteiger charge is 2.47. The van der Waals surface area contributed by atoms with Gasteiger partial charge in [-0.1, -0.05) is 13.8 Å². The molecule has 0 bridgehead atoms. The fraction of sp³-hybridized carbons (Fsp3) is 0.909. The molecule has 0 aromatic carbocycles. The van der Waals surface area contributed by atoms with Crippen LogP contribution in [0, 0.1) is 5.92 Å². The van der Waals surface area contributed by atoms with Crippen LogP contribution in [0.25, 0.3) is 0 Å². The van der Waals surface area contributed by atoms with E-state index in [4.69, 9.17) is 0 Å². The van der Waals surface area contributed by atoms with Crippen molar-refractivity contribution in [1.82, 2.24) is 10.2 Å². The van der Waals surface area contributed by atoms with E-state index >= 15 is 0 Å². The largest absolute Gasteiger partial charge is 0.324 e. The molecule has 0 saturated carbocycles. The van der Waals surface area contributed by atoms with E-state index in [-0.39, 0.29) is 5.92 Å². The van der Waals surface area contributed by atoms with E-state index < -0.39 is 37.0 Å². The summed E-state index contributed by atoms with van der Waals surface area (Å²) in [5.41, 5.74) is 0. The van der Waals surface area contributed by atoms with E-state index in [9.17, 15) is 22.4 Å². The van der Waals surface area contributed by atoms with Crippen LogP contribution < -0.4 is 5.32 Å². The average molecular weight is 270 g/mol. The summed E-state index contributed by atoms with van der Waals surface area (Å²) >= 11 is 0. The summed E-state index contributed by atoms with van der Waals surface area (Å²) < 4.78 is 50.2. The number of halogens is 4. The molecule has 7 heteroatoms. The van der Waals surface area contributed by atoms with Crippen LogP contribution in [-0.2, 0) is 4.79 Å². The maximum absolute atomic E-state index is 13.0. The SMILES string of the molecule is CC(C)CC1NC(C)N(CC(F)(F)C(F)F)C1=O. The van der Waals surface area contributed by atoms with Crippen molar-refractivity contribution in [2.24, 2.45) is 5.92 Å². The zero-order chi connectivity index (χ0) is 14.1. The van der Waals surface area contributed by atoms with E-state index in [1.54, 1.807) is 0 Å². The molecule has 1 aliphatic rings. The molecule has 0 aliphatic carbocycles. The molecule has 0 spiro atoms. The second kappa shape index (κ2) is 5.42. The summed E-state index contributed by atoms with van der Waals surface area (Å²) in [4.78, 5) is 12.6.